The number of aromatic nitrogens is 1. The van der Waals surface area contributed by atoms with Gasteiger partial charge in [-0.25, -0.2) is 13.8 Å². The lowest BCUT2D eigenvalue weighted by molar-refractivity contribution is -0.136. The van der Waals surface area contributed by atoms with Crippen LogP contribution < -0.4 is 0 Å². The fraction of sp³-hybridized carbons (Fsp3) is 0.333. The van der Waals surface area contributed by atoms with Gasteiger partial charge in [0, 0.05) is 5.56 Å². The second-order valence-electron chi connectivity index (χ2n) is 2.98. The summed E-state index contributed by atoms with van der Waals surface area (Å²) in [4.78, 5) is 14.3. The SMILES string of the molecule is O=C(O)Cc1cc(C(F)F)c(CCl)nc1Br. The second-order valence-corrected chi connectivity index (χ2v) is 4.00. The normalized spacial score (nSPS) is 10.8. The van der Waals surface area contributed by atoms with E-state index in [1.165, 1.54) is 0 Å². The number of carboxylic acid groups (broad SMARTS) is 1. The second kappa shape index (κ2) is 5.54. The van der Waals surface area contributed by atoms with Crippen LogP contribution >= 0.6 is 27.5 Å². The summed E-state index contributed by atoms with van der Waals surface area (Å²) in [6, 6.07) is 1.12. The van der Waals surface area contributed by atoms with Crippen molar-refractivity contribution < 1.29 is 18.7 Å². The third kappa shape index (κ3) is 3.12. The number of alkyl halides is 3. The number of hydrogen-bond acceptors (Lipinski definition) is 2. The highest BCUT2D eigenvalue weighted by molar-refractivity contribution is 9.10. The quantitative estimate of drug-likeness (QED) is 0.686. The summed E-state index contributed by atoms with van der Waals surface area (Å²) in [5, 5.41) is 8.59. The number of hydrogen-bond donors (Lipinski definition) is 1. The first-order valence-corrected chi connectivity index (χ1v) is 5.52. The van der Waals surface area contributed by atoms with E-state index >= 15 is 0 Å². The summed E-state index contributed by atoms with van der Waals surface area (Å²) in [5.74, 6) is -1.26. The molecular weight excluding hydrogens is 307 g/mol. The van der Waals surface area contributed by atoms with Crippen molar-refractivity contribution in [3.8, 4) is 0 Å². The lowest BCUT2D eigenvalue weighted by atomic mass is 10.1. The maximum absolute atomic E-state index is 12.6. The van der Waals surface area contributed by atoms with Crippen LogP contribution in [0.1, 0.15) is 23.2 Å². The summed E-state index contributed by atoms with van der Waals surface area (Å²) in [6.45, 7) is 0. The van der Waals surface area contributed by atoms with E-state index in [1.54, 1.807) is 0 Å². The molecule has 0 radical (unpaired) electrons. The van der Waals surface area contributed by atoms with Crippen molar-refractivity contribution in [1.29, 1.82) is 0 Å². The number of carbonyl (C=O) groups is 1. The molecule has 0 atom stereocenters. The zero-order valence-corrected chi connectivity index (χ0v) is 10.2. The first-order valence-electron chi connectivity index (χ1n) is 4.19. The molecule has 0 aliphatic heterocycles. The third-order valence-corrected chi connectivity index (χ3v) is 2.80. The van der Waals surface area contributed by atoms with Gasteiger partial charge in [-0.2, -0.15) is 0 Å². The molecule has 0 saturated carbocycles. The minimum Gasteiger partial charge on any atom is -0.481 e. The number of rotatable bonds is 4. The number of pyridine rings is 1. The van der Waals surface area contributed by atoms with Crippen molar-refractivity contribution in [1.82, 2.24) is 4.98 Å². The molecule has 0 amide bonds. The van der Waals surface area contributed by atoms with Crippen LogP contribution in [0, 0.1) is 0 Å². The summed E-state index contributed by atoms with van der Waals surface area (Å²) in [7, 11) is 0. The Morgan fingerprint density at radius 3 is 2.69 bits per heavy atom. The molecule has 0 bridgehead atoms. The van der Waals surface area contributed by atoms with Crippen LogP contribution in [-0.4, -0.2) is 16.1 Å². The van der Waals surface area contributed by atoms with Crippen molar-refractivity contribution >= 4 is 33.5 Å². The molecule has 16 heavy (non-hydrogen) atoms. The van der Waals surface area contributed by atoms with E-state index in [-0.39, 0.29) is 33.7 Å². The zero-order chi connectivity index (χ0) is 12.3. The summed E-state index contributed by atoms with van der Waals surface area (Å²) >= 11 is 8.49. The standard InChI is InChI=1S/C9H7BrClF2NO2/c10-8-4(2-7(15)16)1-5(9(12)13)6(3-11)14-8/h1,9H,2-3H2,(H,15,16). The lowest BCUT2D eigenvalue weighted by Crippen LogP contribution is -2.06. The lowest BCUT2D eigenvalue weighted by Gasteiger charge is -2.09. The molecule has 1 heterocycles. The number of nitrogens with zero attached hydrogens (tertiary/aromatic N) is 1. The smallest absolute Gasteiger partial charge is 0.307 e. The van der Waals surface area contributed by atoms with Gasteiger partial charge in [-0.1, -0.05) is 0 Å². The number of carboxylic acids is 1. The fourth-order valence-corrected chi connectivity index (χ4v) is 1.85. The Morgan fingerprint density at radius 1 is 1.62 bits per heavy atom. The molecule has 0 fully saturated rings. The van der Waals surface area contributed by atoms with Crippen LogP contribution in [0.3, 0.4) is 0 Å². The Balaban J connectivity index is 3.21. The topological polar surface area (TPSA) is 50.2 Å². The molecule has 0 aliphatic rings. The summed E-state index contributed by atoms with van der Waals surface area (Å²) in [6.07, 6.45) is -3.09. The van der Waals surface area contributed by atoms with Gasteiger partial charge in [0.2, 0.25) is 0 Å². The zero-order valence-electron chi connectivity index (χ0n) is 7.88. The Morgan fingerprint density at radius 2 is 2.25 bits per heavy atom. The molecule has 1 aromatic rings. The molecule has 0 saturated heterocycles. The molecule has 0 aromatic carbocycles. The van der Waals surface area contributed by atoms with Gasteiger partial charge in [0.1, 0.15) is 4.60 Å². The fourth-order valence-electron chi connectivity index (χ4n) is 1.17. The molecule has 0 spiro atoms. The van der Waals surface area contributed by atoms with Gasteiger partial charge in [-0.05, 0) is 27.6 Å². The first kappa shape index (κ1) is 13.3. The Kier molecular flexibility index (Phi) is 4.61. The van der Waals surface area contributed by atoms with Crippen LogP contribution in [0.2, 0.25) is 0 Å². The van der Waals surface area contributed by atoms with Gasteiger partial charge in [-0.3, -0.25) is 4.79 Å². The van der Waals surface area contributed by atoms with Crippen LogP contribution in [-0.2, 0) is 17.1 Å². The highest BCUT2D eigenvalue weighted by Gasteiger charge is 2.18. The summed E-state index contributed by atoms with van der Waals surface area (Å²) in [5.41, 5.74) is -0.0659. The average Bonchev–Trinajstić information content (AvgIpc) is 2.19. The monoisotopic (exact) mass is 313 g/mol. The predicted octanol–water partition coefficient (Wildman–Crippen LogP) is 3.15. The van der Waals surface area contributed by atoms with Gasteiger partial charge < -0.3 is 5.11 Å². The van der Waals surface area contributed by atoms with Gasteiger partial charge >= 0.3 is 5.97 Å². The van der Waals surface area contributed by atoms with Crippen molar-refractivity contribution in [2.45, 2.75) is 18.7 Å². The molecule has 88 valence electrons. The number of aliphatic carboxylic acids is 1. The molecule has 0 unspecified atom stereocenters. The minimum absolute atomic E-state index is 0.0534. The van der Waals surface area contributed by atoms with E-state index < -0.39 is 12.4 Å². The van der Waals surface area contributed by atoms with Crippen LogP contribution in [0.5, 0.6) is 0 Å². The molecule has 0 aliphatic carbocycles. The van der Waals surface area contributed by atoms with Gasteiger partial charge in [0.15, 0.2) is 0 Å². The van der Waals surface area contributed by atoms with Gasteiger partial charge in [-0.15, -0.1) is 11.6 Å². The molecule has 1 rings (SSSR count). The molecule has 1 N–H and O–H groups in total. The van der Waals surface area contributed by atoms with E-state index in [1.807, 2.05) is 0 Å². The Hall–Kier alpha value is -0.750. The largest absolute Gasteiger partial charge is 0.481 e. The number of halogens is 4. The van der Waals surface area contributed by atoms with Gasteiger partial charge in [0.05, 0.1) is 18.0 Å². The predicted molar refractivity (Wildman–Crippen MR) is 57.8 cm³/mol. The highest BCUT2D eigenvalue weighted by Crippen LogP contribution is 2.27. The van der Waals surface area contributed by atoms with E-state index in [0.717, 1.165) is 6.07 Å². The van der Waals surface area contributed by atoms with E-state index in [2.05, 4.69) is 20.9 Å². The first-order chi connectivity index (χ1) is 7.45. The molecule has 3 nitrogen and oxygen atoms in total. The highest BCUT2D eigenvalue weighted by atomic mass is 79.9. The van der Waals surface area contributed by atoms with E-state index in [0.29, 0.717) is 0 Å². The summed E-state index contributed by atoms with van der Waals surface area (Å²) < 4.78 is 25.4. The van der Waals surface area contributed by atoms with Crippen molar-refractivity contribution in [3.63, 3.8) is 0 Å². The van der Waals surface area contributed by atoms with Crippen LogP contribution in [0.25, 0.3) is 0 Å². The van der Waals surface area contributed by atoms with Crippen molar-refractivity contribution in [2.75, 3.05) is 0 Å². The average molecular weight is 315 g/mol. The Bertz CT molecular complexity index is 415. The van der Waals surface area contributed by atoms with Gasteiger partial charge in [0.25, 0.3) is 6.43 Å². The molecule has 1 aromatic heterocycles. The molecule has 7 heteroatoms. The van der Waals surface area contributed by atoms with Crippen molar-refractivity contribution in [3.05, 3.63) is 27.5 Å². The molecular formula is C9H7BrClF2NO2. The minimum atomic E-state index is -2.72. The third-order valence-electron chi connectivity index (χ3n) is 1.86. The van der Waals surface area contributed by atoms with E-state index in [9.17, 15) is 13.6 Å². The maximum Gasteiger partial charge on any atom is 0.307 e. The maximum atomic E-state index is 12.6. The Labute approximate surface area is 104 Å². The van der Waals surface area contributed by atoms with Crippen molar-refractivity contribution in [2.24, 2.45) is 0 Å². The van der Waals surface area contributed by atoms with Crippen LogP contribution in [0.15, 0.2) is 10.7 Å². The van der Waals surface area contributed by atoms with E-state index in [4.69, 9.17) is 16.7 Å². The van der Waals surface area contributed by atoms with Crippen LogP contribution in [0.4, 0.5) is 8.78 Å².